The van der Waals surface area contributed by atoms with Gasteiger partial charge >= 0.3 is 0 Å². The molecule has 1 aliphatic rings. The summed E-state index contributed by atoms with van der Waals surface area (Å²) in [5, 5.41) is 0. The van der Waals surface area contributed by atoms with Gasteiger partial charge in [0.1, 0.15) is 6.61 Å². The van der Waals surface area contributed by atoms with Crippen LogP contribution in [0.3, 0.4) is 0 Å². The Hall–Kier alpha value is -0.830. The van der Waals surface area contributed by atoms with E-state index in [-0.39, 0.29) is 0 Å². The predicted octanol–water partition coefficient (Wildman–Crippen LogP) is 2.48. The maximum absolute atomic E-state index is 5.39. The summed E-state index contributed by atoms with van der Waals surface area (Å²) in [6, 6.07) is 4.29. The highest BCUT2D eigenvalue weighted by Crippen LogP contribution is 2.20. The molecule has 1 aliphatic heterocycles. The molecule has 70 valence electrons. The summed E-state index contributed by atoms with van der Waals surface area (Å²) in [6.07, 6.45) is 2.37. The number of ether oxygens (including phenoxy) is 1. The fourth-order valence-corrected chi connectivity index (χ4v) is 2.43. The summed E-state index contributed by atoms with van der Waals surface area (Å²) in [5.41, 5.74) is 0. The van der Waals surface area contributed by atoms with Gasteiger partial charge < -0.3 is 4.74 Å². The van der Waals surface area contributed by atoms with Gasteiger partial charge in [0.15, 0.2) is 0 Å². The van der Waals surface area contributed by atoms with Gasteiger partial charge in [0, 0.05) is 4.88 Å². The number of rotatable bonds is 3. The second-order valence-electron chi connectivity index (χ2n) is 3.05. The third-order valence-corrected chi connectivity index (χ3v) is 3.09. The van der Waals surface area contributed by atoms with Crippen LogP contribution in [0.5, 0.6) is 0 Å². The van der Waals surface area contributed by atoms with Crippen LogP contribution in [-0.4, -0.2) is 19.0 Å². The first kappa shape index (κ1) is 8.75. The van der Waals surface area contributed by atoms with Crippen LogP contribution in [-0.2, 0) is 11.2 Å². The summed E-state index contributed by atoms with van der Waals surface area (Å²) >= 11 is 1.80. The lowest BCUT2D eigenvalue weighted by atomic mass is 10.3. The highest BCUT2D eigenvalue weighted by Gasteiger charge is 2.12. The van der Waals surface area contributed by atoms with Gasteiger partial charge in [-0.2, -0.15) is 0 Å². The van der Waals surface area contributed by atoms with E-state index in [9.17, 15) is 0 Å². The molecule has 3 heteroatoms. The van der Waals surface area contributed by atoms with Gasteiger partial charge in [0.2, 0.25) is 5.90 Å². The largest absolute Gasteiger partial charge is 0.475 e. The van der Waals surface area contributed by atoms with E-state index in [4.69, 9.17) is 4.74 Å². The maximum atomic E-state index is 5.39. The summed E-state index contributed by atoms with van der Waals surface area (Å²) in [6.45, 7) is 3.76. The van der Waals surface area contributed by atoms with Crippen LogP contribution in [0.4, 0.5) is 0 Å². The Morgan fingerprint density at radius 1 is 1.54 bits per heavy atom. The van der Waals surface area contributed by atoms with E-state index in [0.29, 0.717) is 0 Å². The van der Waals surface area contributed by atoms with Crippen molar-refractivity contribution in [2.45, 2.75) is 19.8 Å². The van der Waals surface area contributed by atoms with Crippen molar-refractivity contribution in [1.82, 2.24) is 0 Å². The molecule has 2 heterocycles. The molecule has 0 amide bonds. The molecular weight excluding hydrogens is 182 g/mol. The second-order valence-corrected chi connectivity index (χ2v) is 4.22. The minimum absolute atomic E-state index is 0.746. The number of hydrogen-bond acceptors (Lipinski definition) is 3. The maximum Gasteiger partial charge on any atom is 0.226 e. The smallest absolute Gasteiger partial charge is 0.226 e. The van der Waals surface area contributed by atoms with E-state index < -0.39 is 0 Å². The molecule has 0 spiro atoms. The van der Waals surface area contributed by atoms with E-state index in [0.717, 1.165) is 25.5 Å². The molecule has 1 aromatic heterocycles. The fourth-order valence-electron chi connectivity index (χ4n) is 1.36. The number of aryl methyl sites for hydroxylation is 1. The monoisotopic (exact) mass is 195 g/mol. The van der Waals surface area contributed by atoms with Crippen LogP contribution in [0.15, 0.2) is 17.1 Å². The molecule has 0 aromatic carbocycles. The van der Waals surface area contributed by atoms with Gasteiger partial charge in [-0.05, 0) is 18.6 Å². The molecule has 0 N–H and O–H groups in total. The Balaban J connectivity index is 2.12. The molecule has 0 atom stereocenters. The van der Waals surface area contributed by atoms with E-state index >= 15 is 0 Å². The van der Waals surface area contributed by atoms with Crippen molar-refractivity contribution >= 4 is 17.2 Å². The van der Waals surface area contributed by atoms with Gasteiger partial charge in [-0.1, -0.05) is 13.3 Å². The van der Waals surface area contributed by atoms with Gasteiger partial charge in [-0.3, -0.25) is 0 Å². The summed E-state index contributed by atoms with van der Waals surface area (Å²) in [4.78, 5) is 6.89. The number of hydrogen-bond donors (Lipinski definition) is 0. The zero-order chi connectivity index (χ0) is 9.10. The van der Waals surface area contributed by atoms with E-state index in [2.05, 4.69) is 24.0 Å². The van der Waals surface area contributed by atoms with Crippen molar-refractivity contribution in [2.24, 2.45) is 4.99 Å². The number of nitrogens with zero attached hydrogens (tertiary/aromatic N) is 1. The van der Waals surface area contributed by atoms with Crippen molar-refractivity contribution in [3.05, 3.63) is 21.9 Å². The molecule has 13 heavy (non-hydrogen) atoms. The van der Waals surface area contributed by atoms with Gasteiger partial charge in [-0.15, -0.1) is 11.3 Å². The minimum Gasteiger partial charge on any atom is -0.475 e. The van der Waals surface area contributed by atoms with Crippen LogP contribution in [0, 0.1) is 0 Å². The molecule has 2 rings (SSSR count). The lowest BCUT2D eigenvalue weighted by molar-refractivity contribution is 0.349. The molecule has 0 saturated heterocycles. The van der Waals surface area contributed by atoms with Crippen LogP contribution in [0.1, 0.15) is 23.1 Å². The third-order valence-electron chi connectivity index (χ3n) is 1.95. The lowest BCUT2D eigenvalue weighted by Gasteiger charge is -1.95. The molecule has 0 radical (unpaired) electrons. The fraction of sp³-hybridized carbons (Fsp3) is 0.500. The first-order valence-electron chi connectivity index (χ1n) is 4.66. The molecule has 2 nitrogen and oxygen atoms in total. The van der Waals surface area contributed by atoms with E-state index in [1.54, 1.807) is 11.3 Å². The number of thiophene rings is 1. The summed E-state index contributed by atoms with van der Waals surface area (Å²) < 4.78 is 5.39. The topological polar surface area (TPSA) is 21.6 Å². The van der Waals surface area contributed by atoms with Crippen molar-refractivity contribution in [3.63, 3.8) is 0 Å². The second kappa shape index (κ2) is 3.92. The average molecular weight is 195 g/mol. The number of aliphatic imine (C=N–C) groups is 1. The lowest BCUT2D eigenvalue weighted by Crippen LogP contribution is -1.97. The van der Waals surface area contributed by atoms with Gasteiger partial charge in [0.25, 0.3) is 0 Å². The Morgan fingerprint density at radius 3 is 3.15 bits per heavy atom. The molecule has 1 aromatic rings. The molecule has 0 aliphatic carbocycles. The first-order valence-corrected chi connectivity index (χ1v) is 5.48. The zero-order valence-electron chi connectivity index (χ0n) is 7.75. The van der Waals surface area contributed by atoms with Crippen molar-refractivity contribution < 1.29 is 4.74 Å². The van der Waals surface area contributed by atoms with Crippen LogP contribution in [0.2, 0.25) is 0 Å². The van der Waals surface area contributed by atoms with E-state index in [1.807, 2.05) is 0 Å². The molecule has 0 fully saturated rings. The third kappa shape index (κ3) is 1.91. The standard InChI is InChI=1S/C10H13NOS/c1-2-3-8-4-5-9(13-8)10-11-6-7-12-10/h4-5H,2-3,6-7H2,1H3. The van der Waals surface area contributed by atoms with Crippen molar-refractivity contribution in [3.8, 4) is 0 Å². The van der Waals surface area contributed by atoms with Crippen molar-refractivity contribution in [2.75, 3.05) is 13.2 Å². The predicted molar refractivity (Wildman–Crippen MR) is 55.7 cm³/mol. The van der Waals surface area contributed by atoms with Crippen LogP contribution in [0.25, 0.3) is 0 Å². The normalized spacial score (nSPS) is 15.6. The summed E-state index contributed by atoms with van der Waals surface area (Å²) in [7, 11) is 0. The Bertz CT molecular complexity index is 316. The van der Waals surface area contributed by atoms with Crippen LogP contribution >= 0.6 is 11.3 Å². The van der Waals surface area contributed by atoms with Crippen LogP contribution < -0.4 is 0 Å². The quantitative estimate of drug-likeness (QED) is 0.726. The molecule has 0 saturated carbocycles. The molecular formula is C10H13NOS. The molecule has 0 bridgehead atoms. The average Bonchev–Trinajstić information content (AvgIpc) is 2.70. The van der Waals surface area contributed by atoms with E-state index in [1.165, 1.54) is 16.2 Å². The highest BCUT2D eigenvalue weighted by molar-refractivity contribution is 7.14. The molecule has 0 unspecified atom stereocenters. The Morgan fingerprint density at radius 2 is 2.46 bits per heavy atom. The highest BCUT2D eigenvalue weighted by atomic mass is 32.1. The van der Waals surface area contributed by atoms with Gasteiger partial charge in [0.05, 0.1) is 11.4 Å². The minimum atomic E-state index is 0.746. The van der Waals surface area contributed by atoms with Gasteiger partial charge in [-0.25, -0.2) is 4.99 Å². The first-order chi connectivity index (χ1) is 6.40. The summed E-state index contributed by atoms with van der Waals surface area (Å²) in [5.74, 6) is 0.840. The SMILES string of the molecule is CCCc1ccc(C2=NCCO2)s1. The Kier molecular flexibility index (Phi) is 2.64. The zero-order valence-corrected chi connectivity index (χ0v) is 8.56. The van der Waals surface area contributed by atoms with Crippen molar-refractivity contribution in [1.29, 1.82) is 0 Å². The Labute approximate surface area is 82.3 Å².